The Balaban J connectivity index is 1.54. The molecule has 1 aromatic carbocycles. The number of aromatic nitrogens is 6. The van der Waals surface area contributed by atoms with Crippen molar-refractivity contribution in [3.63, 3.8) is 0 Å². The maximum atomic E-state index is 9.15. The fourth-order valence-corrected chi connectivity index (χ4v) is 5.54. The minimum absolute atomic E-state index is 0.487. The van der Waals surface area contributed by atoms with Gasteiger partial charge in [-0.15, -0.1) is 0 Å². The van der Waals surface area contributed by atoms with E-state index in [2.05, 4.69) is 27.2 Å². The Hall–Kier alpha value is -3.75. The molecular weight excluding hydrogens is 449 g/mol. The van der Waals surface area contributed by atoms with Crippen LogP contribution in [0.1, 0.15) is 17.1 Å². The molecule has 0 saturated carbocycles. The number of benzene rings is 1. The molecule has 150 valence electrons. The van der Waals surface area contributed by atoms with Crippen molar-refractivity contribution in [1.82, 2.24) is 29.5 Å². The number of aromatic amines is 1. The van der Waals surface area contributed by atoms with E-state index in [0.29, 0.717) is 5.56 Å². The van der Waals surface area contributed by atoms with Gasteiger partial charge >= 0.3 is 186 Å². The second kappa shape index (κ2) is 8.17. The topological polar surface area (TPSA) is 95.5 Å². The van der Waals surface area contributed by atoms with E-state index in [9.17, 15) is 0 Å². The predicted octanol–water partition coefficient (Wildman–Crippen LogP) is 2.62. The second-order valence-corrected chi connectivity index (χ2v) is 9.79. The average molecular weight is 467 g/mol. The Morgan fingerprint density at radius 2 is 2.00 bits per heavy atom. The fourth-order valence-electron chi connectivity index (χ4n) is 3.42. The molecule has 0 bridgehead atoms. The van der Waals surface area contributed by atoms with Crippen LogP contribution in [-0.4, -0.2) is 45.3 Å². The van der Waals surface area contributed by atoms with Gasteiger partial charge in [0.25, 0.3) is 0 Å². The van der Waals surface area contributed by atoms with Gasteiger partial charge in [-0.1, -0.05) is 0 Å². The molecule has 0 spiro atoms. The van der Waals surface area contributed by atoms with E-state index >= 15 is 0 Å². The molecule has 0 aliphatic rings. The zero-order valence-corrected chi connectivity index (χ0v) is 18.8. The molecule has 7 nitrogen and oxygen atoms in total. The van der Waals surface area contributed by atoms with Crippen LogP contribution in [-0.2, 0) is 5.21 Å². The second-order valence-electron chi connectivity index (χ2n) is 7.10. The van der Waals surface area contributed by atoms with Crippen LogP contribution in [0.15, 0.2) is 67.1 Å². The quantitative estimate of drug-likeness (QED) is 0.401. The van der Waals surface area contributed by atoms with Gasteiger partial charge in [0.2, 0.25) is 0 Å². The molecule has 0 aliphatic carbocycles. The van der Waals surface area contributed by atoms with Crippen LogP contribution in [0.3, 0.4) is 0 Å². The van der Waals surface area contributed by atoms with Crippen LogP contribution in [0, 0.1) is 18.3 Å². The van der Waals surface area contributed by atoms with Gasteiger partial charge < -0.3 is 0 Å². The molecule has 31 heavy (non-hydrogen) atoms. The molecule has 5 aromatic rings. The Morgan fingerprint density at radius 3 is 2.87 bits per heavy atom. The third-order valence-corrected chi connectivity index (χ3v) is 7.48. The number of imidazole rings is 1. The first-order chi connectivity index (χ1) is 15.2. The van der Waals surface area contributed by atoms with Crippen LogP contribution in [0.5, 0.6) is 0 Å². The summed E-state index contributed by atoms with van der Waals surface area (Å²) >= 11 is -0.487. The number of nitriles is 1. The van der Waals surface area contributed by atoms with E-state index in [-0.39, 0.29) is 0 Å². The summed E-state index contributed by atoms with van der Waals surface area (Å²) < 4.78 is 2.98. The number of aryl methyl sites for hydroxylation is 1. The normalized spacial score (nSPS) is 11.4. The molecule has 0 aliphatic heterocycles. The van der Waals surface area contributed by atoms with Gasteiger partial charge in [-0.3, -0.25) is 0 Å². The van der Waals surface area contributed by atoms with Crippen molar-refractivity contribution in [3.05, 3.63) is 84.2 Å². The van der Waals surface area contributed by atoms with E-state index in [1.807, 2.05) is 61.7 Å². The van der Waals surface area contributed by atoms with E-state index in [1.165, 1.54) is 4.35 Å². The maximum absolute atomic E-state index is 9.15. The number of fused-ring (bicyclic) bond motifs is 1. The average Bonchev–Trinajstić information content (AvgIpc) is 3.44. The minimum atomic E-state index is -0.487. The molecule has 4 aromatic heterocycles. The molecule has 1 N–H and O–H groups in total. The molecule has 8 heteroatoms. The van der Waals surface area contributed by atoms with Crippen LogP contribution in [0.2, 0.25) is 0 Å². The van der Waals surface area contributed by atoms with Gasteiger partial charge in [-0.2, -0.15) is 0 Å². The first-order valence-corrected chi connectivity index (χ1v) is 12.3. The van der Waals surface area contributed by atoms with E-state index < -0.39 is 15.8 Å². The van der Waals surface area contributed by atoms with Crippen molar-refractivity contribution in [3.8, 4) is 28.7 Å². The summed E-state index contributed by atoms with van der Waals surface area (Å²) in [6.07, 6.45) is 3.48. The molecular formula is C23H18AsN7. The predicted molar refractivity (Wildman–Crippen MR) is 120 cm³/mol. The molecule has 1 unspecified atom stereocenters. The van der Waals surface area contributed by atoms with Crippen molar-refractivity contribution < 1.29 is 0 Å². The number of hydrogen-bond donors (Lipinski definition) is 1. The van der Waals surface area contributed by atoms with Crippen molar-refractivity contribution >= 4 is 25.8 Å². The van der Waals surface area contributed by atoms with Crippen LogP contribution >= 0.6 is 0 Å². The summed E-state index contributed by atoms with van der Waals surface area (Å²) in [5.41, 5.74) is 6.00. The third kappa shape index (κ3) is 3.98. The van der Waals surface area contributed by atoms with Crippen molar-refractivity contribution in [1.29, 1.82) is 5.26 Å². The summed E-state index contributed by atoms with van der Waals surface area (Å²) in [5, 5.41) is 14.2. The SMILES string of the molecule is Cc1cccc(-c2[nH]c(C[AsH]c3cccc(C#N)c3)nc2-c2ccc3ncnn3c2)n1. The Labute approximate surface area is 185 Å². The monoisotopic (exact) mass is 467 g/mol. The van der Waals surface area contributed by atoms with Crippen LogP contribution < -0.4 is 4.35 Å². The van der Waals surface area contributed by atoms with E-state index in [0.717, 1.165) is 45.0 Å². The number of pyridine rings is 2. The van der Waals surface area contributed by atoms with Gasteiger partial charge in [0.15, 0.2) is 0 Å². The molecule has 0 amide bonds. The van der Waals surface area contributed by atoms with Crippen LogP contribution in [0.25, 0.3) is 28.3 Å². The number of hydrogen-bond acceptors (Lipinski definition) is 5. The van der Waals surface area contributed by atoms with Gasteiger partial charge in [-0.25, -0.2) is 0 Å². The number of nitrogens with one attached hydrogen (secondary N) is 1. The number of nitrogens with zero attached hydrogens (tertiary/aromatic N) is 6. The van der Waals surface area contributed by atoms with Crippen molar-refractivity contribution in [2.45, 2.75) is 12.1 Å². The molecule has 5 rings (SSSR count). The zero-order valence-electron chi connectivity index (χ0n) is 16.7. The number of H-pyrrole nitrogens is 1. The summed E-state index contributed by atoms with van der Waals surface area (Å²) in [6, 6.07) is 20.0. The molecule has 0 saturated heterocycles. The molecule has 0 fully saturated rings. The fraction of sp³-hybridized carbons (Fsp3) is 0.0870. The Bertz CT molecular complexity index is 1430. The zero-order chi connectivity index (χ0) is 21.2. The van der Waals surface area contributed by atoms with Gasteiger partial charge in [0.1, 0.15) is 0 Å². The number of rotatable bonds is 5. The molecule has 4 heterocycles. The van der Waals surface area contributed by atoms with Crippen LogP contribution in [0.4, 0.5) is 0 Å². The molecule has 1 atom stereocenters. The van der Waals surface area contributed by atoms with Gasteiger partial charge in [0.05, 0.1) is 0 Å². The standard InChI is InChI=1S/C23H18AsN7/c1-15-4-2-7-19(28-15)23-22(17-8-9-21-26-14-27-31(21)13-17)29-20(30-23)11-24-18-6-3-5-16(10-18)12-25/h2-10,13-14,24H,11H2,1H3,(H,29,30). The first kappa shape index (κ1) is 19.2. The van der Waals surface area contributed by atoms with E-state index in [4.69, 9.17) is 15.2 Å². The van der Waals surface area contributed by atoms with E-state index in [1.54, 1.807) is 10.8 Å². The van der Waals surface area contributed by atoms with Crippen molar-refractivity contribution in [2.75, 3.05) is 0 Å². The summed E-state index contributed by atoms with van der Waals surface area (Å²) in [6.45, 7) is 1.98. The van der Waals surface area contributed by atoms with Crippen molar-refractivity contribution in [2.24, 2.45) is 0 Å². The molecule has 0 radical (unpaired) electrons. The summed E-state index contributed by atoms with van der Waals surface area (Å²) in [4.78, 5) is 17.4. The Morgan fingerprint density at radius 1 is 1.10 bits per heavy atom. The summed E-state index contributed by atoms with van der Waals surface area (Å²) in [7, 11) is 0. The third-order valence-electron chi connectivity index (χ3n) is 4.90. The Kier molecular flexibility index (Phi) is 5.07. The van der Waals surface area contributed by atoms with Gasteiger partial charge in [0, 0.05) is 0 Å². The summed E-state index contributed by atoms with van der Waals surface area (Å²) in [5.74, 6) is 0.925. The van der Waals surface area contributed by atoms with Gasteiger partial charge in [-0.05, 0) is 0 Å². The first-order valence-electron chi connectivity index (χ1n) is 9.76.